The van der Waals surface area contributed by atoms with Crippen LogP contribution in [-0.4, -0.2) is 50.0 Å². The first-order valence-corrected chi connectivity index (χ1v) is 2.28. The van der Waals surface area contributed by atoms with Crippen LogP contribution < -0.4 is 18.9 Å². The molecular formula is C4H7LiO7. The molecule has 5 N–H and O–H groups in total. The molecule has 2 unspecified atom stereocenters. The van der Waals surface area contributed by atoms with E-state index in [9.17, 15) is 9.59 Å². The molecule has 0 aromatic carbocycles. The van der Waals surface area contributed by atoms with Crippen molar-refractivity contribution >= 4 is 11.9 Å². The zero-order valence-corrected chi connectivity index (χ0v) is 6.21. The zero-order chi connectivity index (χ0) is 8.31. The van der Waals surface area contributed by atoms with Gasteiger partial charge in [0.25, 0.3) is 0 Å². The average Bonchev–Trinajstić information content (AvgIpc) is 1.84. The van der Waals surface area contributed by atoms with Gasteiger partial charge in [-0.15, -0.1) is 0 Å². The quantitative estimate of drug-likeness (QED) is 0.312. The Kier molecular flexibility index (Phi) is 10.3. The minimum Gasteiger partial charge on any atom is -0.870 e. The van der Waals surface area contributed by atoms with Crippen LogP contribution in [0.2, 0.25) is 0 Å². The van der Waals surface area contributed by atoms with Gasteiger partial charge in [0.15, 0.2) is 12.2 Å². The fourth-order valence-electron chi connectivity index (χ4n) is 0.270. The van der Waals surface area contributed by atoms with Crippen LogP contribution in [0.25, 0.3) is 0 Å². The van der Waals surface area contributed by atoms with Gasteiger partial charge in [-0.1, -0.05) is 0 Å². The van der Waals surface area contributed by atoms with E-state index in [1.165, 1.54) is 0 Å². The van der Waals surface area contributed by atoms with Gasteiger partial charge in [0.05, 0.1) is 0 Å². The molecule has 0 radical (unpaired) electrons. The fourth-order valence-corrected chi connectivity index (χ4v) is 0.270. The van der Waals surface area contributed by atoms with E-state index in [1.54, 1.807) is 0 Å². The molecule has 0 saturated heterocycles. The molecule has 0 aromatic heterocycles. The smallest absolute Gasteiger partial charge is 0.870 e. The van der Waals surface area contributed by atoms with Crippen LogP contribution in [0.1, 0.15) is 0 Å². The molecule has 0 aliphatic carbocycles. The van der Waals surface area contributed by atoms with Crippen LogP contribution in [0.15, 0.2) is 0 Å². The van der Waals surface area contributed by atoms with E-state index in [-0.39, 0.29) is 24.3 Å². The van der Waals surface area contributed by atoms with Crippen molar-refractivity contribution in [1.29, 1.82) is 0 Å². The third-order valence-corrected chi connectivity index (χ3v) is 0.805. The summed E-state index contributed by atoms with van der Waals surface area (Å²) < 4.78 is 0. The standard InChI is InChI=1S/C4H6O6.Li.H2O/c5-1(3(7)8)2(6)4(9)10;;/h1-2,5-6H,(H,7,8)(H,9,10);;1H2/q;+1;/p-1. The molecule has 66 valence electrons. The molecule has 0 aromatic rings. The summed E-state index contributed by atoms with van der Waals surface area (Å²) >= 11 is 0. The van der Waals surface area contributed by atoms with E-state index in [1.807, 2.05) is 0 Å². The molecule has 0 bridgehead atoms. The van der Waals surface area contributed by atoms with Crippen molar-refractivity contribution < 1.29 is 54.4 Å². The normalized spacial score (nSPS) is 13.2. The van der Waals surface area contributed by atoms with Crippen molar-refractivity contribution in [2.24, 2.45) is 0 Å². The molecule has 2 atom stereocenters. The summed E-state index contributed by atoms with van der Waals surface area (Å²) in [5.74, 6) is -3.54. The molecule has 0 saturated carbocycles. The number of carbonyl (C=O) groups is 2. The fraction of sp³-hybridized carbons (Fsp3) is 0.500. The molecule has 0 aliphatic heterocycles. The Balaban J connectivity index is -0.000000405. The summed E-state index contributed by atoms with van der Waals surface area (Å²) in [7, 11) is 0. The van der Waals surface area contributed by atoms with Crippen molar-refractivity contribution in [2.45, 2.75) is 12.2 Å². The second-order valence-electron chi connectivity index (χ2n) is 1.57. The molecule has 0 aliphatic rings. The number of hydrogen-bond acceptors (Lipinski definition) is 5. The summed E-state index contributed by atoms with van der Waals surface area (Å²) in [4.78, 5) is 19.5. The summed E-state index contributed by atoms with van der Waals surface area (Å²) in [5.41, 5.74) is 0. The Labute approximate surface area is 79.1 Å². The van der Waals surface area contributed by atoms with Gasteiger partial charge < -0.3 is 25.9 Å². The Morgan fingerprint density at radius 3 is 1.17 bits per heavy atom. The van der Waals surface area contributed by atoms with Crippen LogP contribution in [0.4, 0.5) is 0 Å². The van der Waals surface area contributed by atoms with E-state index in [0.29, 0.717) is 0 Å². The monoisotopic (exact) mass is 174 g/mol. The second-order valence-corrected chi connectivity index (χ2v) is 1.57. The third-order valence-electron chi connectivity index (χ3n) is 0.805. The van der Waals surface area contributed by atoms with Gasteiger partial charge in [-0.05, 0) is 0 Å². The first-order valence-electron chi connectivity index (χ1n) is 2.28. The van der Waals surface area contributed by atoms with Gasteiger partial charge in [0.1, 0.15) is 0 Å². The molecule has 12 heavy (non-hydrogen) atoms. The van der Waals surface area contributed by atoms with Gasteiger partial charge >= 0.3 is 30.8 Å². The van der Waals surface area contributed by atoms with Gasteiger partial charge in [0.2, 0.25) is 0 Å². The van der Waals surface area contributed by atoms with Crippen molar-refractivity contribution in [1.82, 2.24) is 0 Å². The molecule has 0 heterocycles. The average molecular weight is 174 g/mol. The first kappa shape index (κ1) is 17.5. The van der Waals surface area contributed by atoms with Crippen LogP contribution in [0.3, 0.4) is 0 Å². The molecule has 0 rings (SSSR count). The van der Waals surface area contributed by atoms with Crippen LogP contribution in [-0.2, 0) is 9.59 Å². The van der Waals surface area contributed by atoms with Gasteiger partial charge in [-0.2, -0.15) is 0 Å². The van der Waals surface area contributed by atoms with Crippen LogP contribution in [0, 0.1) is 0 Å². The molecular weight excluding hydrogens is 167 g/mol. The van der Waals surface area contributed by atoms with Gasteiger partial charge in [0, 0.05) is 0 Å². The molecule has 0 amide bonds. The number of carboxylic acid groups (broad SMARTS) is 2. The number of carboxylic acids is 2. The summed E-state index contributed by atoms with van der Waals surface area (Å²) in [6.07, 6.45) is -4.53. The molecule has 7 nitrogen and oxygen atoms in total. The van der Waals surface area contributed by atoms with E-state index < -0.39 is 24.1 Å². The zero-order valence-electron chi connectivity index (χ0n) is 6.21. The maximum Gasteiger partial charge on any atom is 1.00 e. The van der Waals surface area contributed by atoms with Crippen LogP contribution >= 0.6 is 0 Å². The molecule has 0 spiro atoms. The maximum absolute atomic E-state index is 9.77. The van der Waals surface area contributed by atoms with Crippen LogP contribution in [0.5, 0.6) is 0 Å². The van der Waals surface area contributed by atoms with Crippen molar-refractivity contribution in [3.8, 4) is 0 Å². The Morgan fingerprint density at radius 2 is 1.08 bits per heavy atom. The minimum atomic E-state index is -2.27. The summed E-state index contributed by atoms with van der Waals surface area (Å²) in [5, 5.41) is 32.5. The number of aliphatic carboxylic acids is 2. The van der Waals surface area contributed by atoms with Crippen molar-refractivity contribution in [2.75, 3.05) is 0 Å². The van der Waals surface area contributed by atoms with Crippen molar-refractivity contribution in [3.63, 3.8) is 0 Å². The maximum atomic E-state index is 9.77. The number of aliphatic hydroxyl groups excluding tert-OH is 2. The largest absolute Gasteiger partial charge is 1.00 e. The summed E-state index contributed by atoms with van der Waals surface area (Å²) in [6, 6.07) is 0. The summed E-state index contributed by atoms with van der Waals surface area (Å²) in [6.45, 7) is 0. The van der Waals surface area contributed by atoms with E-state index in [4.69, 9.17) is 20.4 Å². The third kappa shape index (κ3) is 5.12. The second kappa shape index (κ2) is 7.09. The van der Waals surface area contributed by atoms with E-state index >= 15 is 0 Å². The molecule has 8 heteroatoms. The van der Waals surface area contributed by atoms with Gasteiger partial charge in [-0.3, -0.25) is 0 Å². The Morgan fingerprint density at radius 1 is 0.917 bits per heavy atom. The Hall–Kier alpha value is -0.583. The number of hydrogen-bond donors (Lipinski definition) is 4. The predicted octanol–water partition coefficient (Wildman–Crippen LogP) is -5.30. The van der Waals surface area contributed by atoms with E-state index in [2.05, 4.69) is 0 Å². The topological polar surface area (TPSA) is 145 Å². The van der Waals surface area contributed by atoms with Gasteiger partial charge in [-0.25, -0.2) is 9.59 Å². The van der Waals surface area contributed by atoms with E-state index in [0.717, 1.165) is 0 Å². The number of rotatable bonds is 3. The minimum absolute atomic E-state index is 0. The molecule has 0 fully saturated rings. The Bertz CT molecular complexity index is 139. The predicted molar refractivity (Wildman–Crippen MR) is 29.2 cm³/mol. The first-order chi connectivity index (χ1) is 4.46. The van der Waals surface area contributed by atoms with Crippen molar-refractivity contribution in [3.05, 3.63) is 0 Å². The SMILES string of the molecule is O=C(O)C(O)C(O)C(=O)O.[Li+].[OH-]. The number of aliphatic hydroxyl groups is 2.